The summed E-state index contributed by atoms with van der Waals surface area (Å²) >= 11 is 0. The van der Waals surface area contributed by atoms with Crippen molar-refractivity contribution >= 4 is 45.2 Å². The first-order valence-electron chi connectivity index (χ1n) is 13.2. The first kappa shape index (κ1) is 23.4. The summed E-state index contributed by atoms with van der Waals surface area (Å²) in [5, 5.41) is 3.09. The van der Waals surface area contributed by atoms with Gasteiger partial charge in [-0.05, 0) is 49.1 Å². The zero-order valence-corrected chi connectivity index (χ0v) is 21.8. The van der Waals surface area contributed by atoms with Gasteiger partial charge in [0, 0.05) is 29.2 Å². The Kier molecular flexibility index (Phi) is 5.20. The molecule has 0 saturated carbocycles. The van der Waals surface area contributed by atoms with Crippen molar-refractivity contribution in [2.75, 3.05) is 11.4 Å². The Hall–Kier alpha value is -4.71. The van der Waals surface area contributed by atoms with Gasteiger partial charge in [0.05, 0.1) is 18.1 Å². The largest absolute Gasteiger partial charge is 0.459 e. The minimum atomic E-state index is -0.909. The third kappa shape index (κ3) is 3.52. The average molecular weight is 514 g/mol. The van der Waals surface area contributed by atoms with Crippen LogP contribution in [-0.4, -0.2) is 29.4 Å². The number of hydrogen-bond acceptors (Lipinski definition) is 6. The monoisotopic (exact) mass is 513 g/mol. The number of rotatable bonds is 4. The molecule has 6 nitrogen and oxygen atoms in total. The number of benzene rings is 4. The van der Waals surface area contributed by atoms with Crippen LogP contribution in [0.1, 0.15) is 25.8 Å². The van der Waals surface area contributed by atoms with Crippen LogP contribution in [0.15, 0.2) is 102 Å². The second kappa shape index (κ2) is 8.67. The molecule has 0 bridgehead atoms. The zero-order chi connectivity index (χ0) is 26.6. The van der Waals surface area contributed by atoms with E-state index in [-0.39, 0.29) is 12.4 Å². The summed E-state index contributed by atoms with van der Waals surface area (Å²) < 4.78 is 12.7. The maximum Gasteiger partial charge on any atom is 0.313 e. The van der Waals surface area contributed by atoms with E-state index in [1.165, 1.54) is 0 Å². The van der Waals surface area contributed by atoms with Crippen molar-refractivity contribution in [1.29, 1.82) is 0 Å². The molecule has 4 aromatic carbocycles. The van der Waals surface area contributed by atoms with Gasteiger partial charge < -0.3 is 14.4 Å². The lowest BCUT2D eigenvalue weighted by Crippen LogP contribution is -2.62. The number of pyridine rings is 1. The molecular formula is C33H27N3O3. The minimum absolute atomic E-state index is 0.164. The molecule has 2 aliphatic rings. The number of carbonyl (C=O) groups excluding carboxylic acids is 1. The normalized spacial score (nSPS) is 18.7. The molecule has 0 fully saturated rings. The molecule has 5 aromatic rings. The molecule has 1 aromatic heterocycles. The predicted octanol–water partition coefficient (Wildman–Crippen LogP) is 6.97. The summed E-state index contributed by atoms with van der Waals surface area (Å²) in [6, 6.07) is 29.9. The van der Waals surface area contributed by atoms with E-state index in [4.69, 9.17) is 14.5 Å². The molecule has 0 radical (unpaired) electrons. The third-order valence-electron chi connectivity index (χ3n) is 8.02. The summed E-state index contributed by atoms with van der Waals surface area (Å²) in [7, 11) is 0. The smallest absolute Gasteiger partial charge is 0.313 e. The zero-order valence-electron chi connectivity index (χ0n) is 21.8. The Morgan fingerprint density at radius 2 is 1.69 bits per heavy atom. The highest BCUT2D eigenvalue weighted by atomic mass is 16.5. The van der Waals surface area contributed by atoms with E-state index < -0.39 is 11.1 Å². The number of para-hydroxylation sites is 2. The van der Waals surface area contributed by atoms with Gasteiger partial charge in [-0.15, -0.1) is 0 Å². The molecule has 1 unspecified atom stereocenters. The Labute approximate surface area is 226 Å². The average Bonchev–Trinajstić information content (AvgIpc) is 3.14. The Morgan fingerprint density at radius 1 is 0.897 bits per heavy atom. The number of ether oxygens (including phenoxy) is 2. The van der Waals surface area contributed by atoms with Crippen molar-refractivity contribution in [3.05, 3.63) is 103 Å². The fraction of sp³-hybridized carbons (Fsp3) is 0.182. The molecule has 0 aliphatic carbocycles. The van der Waals surface area contributed by atoms with Gasteiger partial charge in [-0.2, -0.15) is 0 Å². The van der Waals surface area contributed by atoms with Crippen molar-refractivity contribution in [2.45, 2.75) is 31.4 Å². The minimum Gasteiger partial charge on any atom is -0.459 e. The lowest BCUT2D eigenvalue weighted by molar-refractivity contribution is -0.134. The number of hydrogen-bond donors (Lipinski definition) is 0. The fourth-order valence-electron chi connectivity index (χ4n) is 5.98. The molecule has 1 spiro atoms. The number of anilines is 1. The van der Waals surface area contributed by atoms with Crippen molar-refractivity contribution in [2.24, 2.45) is 4.99 Å². The van der Waals surface area contributed by atoms with Crippen LogP contribution in [0, 0.1) is 0 Å². The first-order chi connectivity index (χ1) is 19.0. The van der Waals surface area contributed by atoms with Crippen LogP contribution in [0.3, 0.4) is 0 Å². The molecule has 2 aliphatic heterocycles. The maximum absolute atomic E-state index is 13.2. The van der Waals surface area contributed by atoms with Crippen LogP contribution in [0.2, 0.25) is 0 Å². The predicted molar refractivity (Wildman–Crippen MR) is 154 cm³/mol. The molecule has 3 heterocycles. The molecule has 0 N–H and O–H groups in total. The van der Waals surface area contributed by atoms with Gasteiger partial charge in [0.15, 0.2) is 5.75 Å². The number of aliphatic imine (C=N–C) groups is 1. The second-order valence-corrected chi connectivity index (χ2v) is 10.5. The molecule has 0 saturated heterocycles. The van der Waals surface area contributed by atoms with Gasteiger partial charge in [-0.3, -0.25) is 14.8 Å². The van der Waals surface area contributed by atoms with Crippen molar-refractivity contribution in [3.8, 4) is 11.5 Å². The summed E-state index contributed by atoms with van der Waals surface area (Å²) in [6.45, 7) is 4.74. The highest BCUT2D eigenvalue weighted by molar-refractivity contribution is 6.00. The highest BCUT2D eigenvalue weighted by Gasteiger charge is 2.59. The van der Waals surface area contributed by atoms with Gasteiger partial charge in [-0.1, -0.05) is 66.7 Å². The highest BCUT2D eigenvalue weighted by Crippen LogP contribution is 2.54. The molecule has 39 heavy (non-hydrogen) atoms. The molecule has 6 heteroatoms. The molecule has 192 valence electrons. The summed E-state index contributed by atoms with van der Waals surface area (Å²) in [4.78, 5) is 24.7. The fourth-order valence-corrected chi connectivity index (χ4v) is 5.98. The van der Waals surface area contributed by atoms with Gasteiger partial charge >= 0.3 is 5.97 Å². The molecule has 7 rings (SSSR count). The van der Waals surface area contributed by atoms with Gasteiger partial charge in [0.2, 0.25) is 5.72 Å². The number of fused-ring (bicyclic) bond motifs is 5. The van der Waals surface area contributed by atoms with E-state index in [0.29, 0.717) is 17.8 Å². The van der Waals surface area contributed by atoms with Crippen molar-refractivity contribution in [1.82, 2.24) is 4.98 Å². The number of aromatic nitrogens is 1. The summed E-state index contributed by atoms with van der Waals surface area (Å²) in [6.07, 6.45) is 3.78. The van der Waals surface area contributed by atoms with Crippen molar-refractivity contribution in [3.63, 3.8) is 0 Å². The van der Waals surface area contributed by atoms with Crippen LogP contribution in [0.4, 0.5) is 11.4 Å². The number of carbonyl (C=O) groups is 1. The SMILES string of the molecule is CC1(C)c2ccccc2N(CCC(=O)Oc2cccc3cccnc23)C12C=Nc1c(ccc3ccccc13)O2. The van der Waals surface area contributed by atoms with Crippen LogP contribution in [0.25, 0.3) is 21.7 Å². The van der Waals surface area contributed by atoms with Crippen LogP contribution in [0.5, 0.6) is 11.5 Å². The van der Waals surface area contributed by atoms with E-state index in [9.17, 15) is 4.79 Å². The van der Waals surface area contributed by atoms with Gasteiger partial charge in [0.1, 0.15) is 17.0 Å². The van der Waals surface area contributed by atoms with E-state index >= 15 is 0 Å². The van der Waals surface area contributed by atoms with E-state index in [1.54, 1.807) is 12.3 Å². The standard InChI is InChI=1S/C33H27N3O3/c1-32(2)25-13-5-6-14-26(25)36(20-18-29(37)38-27-15-7-10-23-11-8-19-34-30(23)27)33(32)21-35-31-24-12-4-3-9-22(24)16-17-28(31)39-33/h3-17,19,21H,18,20H2,1-2H3. The lowest BCUT2D eigenvalue weighted by atomic mass is 9.77. The van der Waals surface area contributed by atoms with E-state index in [2.05, 4.69) is 54.1 Å². The Morgan fingerprint density at radius 3 is 2.62 bits per heavy atom. The Bertz CT molecular complexity index is 1790. The van der Waals surface area contributed by atoms with E-state index in [0.717, 1.165) is 38.8 Å². The second-order valence-electron chi connectivity index (χ2n) is 10.5. The van der Waals surface area contributed by atoms with Crippen LogP contribution < -0.4 is 14.4 Å². The molecule has 1 atom stereocenters. The quantitative estimate of drug-likeness (QED) is 0.192. The van der Waals surface area contributed by atoms with E-state index in [1.807, 2.05) is 60.8 Å². The number of nitrogens with zero attached hydrogens (tertiary/aromatic N) is 3. The topological polar surface area (TPSA) is 64.0 Å². The Balaban J connectivity index is 1.23. The van der Waals surface area contributed by atoms with Gasteiger partial charge in [0.25, 0.3) is 0 Å². The molecular weight excluding hydrogens is 486 g/mol. The number of esters is 1. The van der Waals surface area contributed by atoms with Crippen LogP contribution in [-0.2, 0) is 10.2 Å². The molecule has 0 amide bonds. The van der Waals surface area contributed by atoms with Gasteiger partial charge in [-0.25, -0.2) is 0 Å². The summed E-state index contributed by atoms with van der Waals surface area (Å²) in [5.41, 5.74) is 2.32. The van der Waals surface area contributed by atoms with Crippen molar-refractivity contribution < 1.29 is 14.3 Å². The maximum atomic E-state index is 13.2. The first-order valence-corrected chi connectivity index (χ1v) is 13.2. The van der Waals surface area contributed by atoms with Crippen LogP contribution >= 0.6 is 0 Å². The third-order valence-corrected chi connectivity index (χ3v) is 8.02. The lowest BCUT2D eigenvalue weighted by Gasteiger charge is -2.46. The summed E-state index contributed by atoms with van der Waals surface area (Å²) in [5.74, 6) is 0.863.